The number of carbonyl (C=O) groups excluding carboxylic acids is 1. The zero-order valence-electron chi connectivity index (χ0n) is 24.2. The van der Waals surface area contributed by atoms with Crippen LogP contribution in [0.4, 0.5) is 13.2 Å². The van der Waals surface area contributed by atoms with Crippen molar-refractivity contribution in [3.05, 3.63) is 101 Å². The lowest BCUT2D eigenvalue weighted by molar-refractivity contribution is -0.192. The van der Waals surface area contributed by atoms with E-state index in [2.05, 4.69) is 10.1 Å². The molecule has 0 saturated carbocycles. The van der Waals surface area contributed by atoms with Crippen molar-refractivity contribution in [2.75, 3.05) is 12.9 Å². The first-order chi connectivity index (χ1) is 21.7. The molecule has 3 N–H and O–H groups in total. The Balaban J connectivity index is 0.000000617. The van der Waals surface area contributed by atoms with E-state index in [9.17, 15) is 31.2 Å². The first kappa shape index (κ1) is 33.5. The number of sulfone groups is 1. The number of aliphatic carboxylic acids is 1. The van der Waals surface area contributed by atoms with Crippen LogP contribution in [0.5, 0.6) is 0 Å². The quantitative estimate of drug-likeness (QED) is 0.244. The van der Waals surface area contributed by atoms with E-state index in [1.165, 1.54) is 15.6 Å². The van der Waals surface area contributed by atoms with Crippen molar-refractivity contribution in [2.24, 2.45) is 5.73 Å². The number of rotatable bonds is 7. The van der Waals surface area contributed by atoms with Crippen LogP contribution in [0.2, 0.25) is 0 Å². The van der Waals surface area contributed by atoms with Crippen LogP contribution in [0.1, 0.15) is 23.0 Å². The van der Waals surface area contributed by atoms with E-state index in [-0.39, 0.29) is 34.8 Å². The molecule has 5 aromatic rings. The van der Waals surface area contributed by atoms with Crippen LogP contribution < -0.4 is 11.3 Å². The molecular weight excluding hydrogens is 631 g/mol. The Labute approximate surface area is 259 Å². The molecule has 0 radical (unpaired) electrons. The van der Waals surface area contributed by atoms with Gasteiger partial charge in [-0.2, -0.15) is 18.3 Å². The highest BCUT2D eigenvalue weighted by atomic mass is 32.2. The molecule has 12 nitrogen and oxygen atoms in total. The zero-order chi connectivity index (χ0) is 33.8. The highest BCUT2D eigenvalue weighted by molar-refractivity contribution is 7.90. The van der Waals surface area contributed by atoms with Gasteiger partial charge in [0.15, 0.2) is 21.0 Å². The van der Waals surface area contributed by atoms with Gasteiger partial charge in [0.05, 0.1) is 22.9 Å². The second kappa shape index (κ2) is 13.3. The molecular formula is C30H26F3N5O7S. The average Bonchev–Trinajstić information content (AvgIpc) is 3.41. The minimum Gasteiger partial charge on any atom is -0.475 e. The minimum atomic E-state index is -5.08. The number of benzene rings is 3. The molecule has 2 aromatic heterocycles. The van der Waals surface area contributed by atoms with Crippen LogP contribution >= 0.6 is 0 Å². The molecule has 240 valence electrons. The van der Waals surface area contributed by atoms with Crippen LogP contribution in [-0.4, -0.2) is 63.8 Å². The molecule has 0 aliphatic heterocycles. The number of carboxylic acid groups (broad SMARTS) is 1. The fraction of sp³-hybridized carbons (Fsp3) is 0.167. The Kier molecular flexibility index (Phi) is 9.72. The van der Waals surface area contributed by atoms with Crippen molar-refractivity contribution in [2.45, 2.75) is 24.5 Å². The monoisotopic (exact) mass is 657 g/mol. The third-order valence-corrected chi connectivity index (χ3v) is 7.63. The number of nitrogens with zero attached hydrogens (tertiary/aromatic N) is 4. The molecule has 0 amide bonds. The largest absolute Gasteiger partial charge is 0.490 e. The van der Waals surface area contributed by atoms with Gasteiger partial charge < -0.3 is 15.6 Å². The maximum Gasteiger partial charge on any atom is 0.490 e. The molecule has 0 atom stereocenters. The second-order valence-electron chi connectivity index (χ2n) is 9.55. The third kappa shape index (κ3) is 6.97. The summed E-state index contributed by atoms with van der Waals surface area (Å²) >= 11 is 0. The van der Waals surface area contributed by atoms with E-state index in [0.717, 1.165) is 11.8 Å². The Morgan fingerprint density at radius 2 is 1.61 bits per heavy atom. The van der Waals surface area contributed by atoms with E-state index in [0.29, 0.717) is 22.5 Å². The number of para-hydroxylation sites is 1. The molecule has 0 saturated heterocycles. The zero-order valence-corrected chi connectivity index (χ0v) is 25.0. The molecule has 0 aliphatic rings. The highest BCUT2D eigenvalue weighted by Gasteiger charge is 2.38. The van der Waals surface area contributed by atoms with Crippen molar-refractivity contribution in [3.63, 3.8) is 0 Å². The van der Waals surface area contributed by atoms with Gasteiger partial charge in [-0.05, 0) is 42.3 Å². The number of hydrogen-bond acceptors (Lipinski definition) is 9. The molecule has 0 aliphatic carbocycles. The summed E-state index contributed by atoms with van der Waals surface area (Å²) < 4.78 is 64.1. The summed E-state index contributed by atoms with van der Waals surface area (Å²) in [6.07, 6.45) is -2.59. The first-order valence-electron chi connectivity index (χ1n) is 13.3. The van der Waals surface area contributed by atoms with Gasteiger partial charge in [0.2, 0.25) is 0 Å². The van der Waals surface area contributed by atoms with E-state index in [1.54, 1.807) is 67.6 Å². The summed E-state index contributed by atoms with van der Waals surface area (Å²) in [5.74, 6) is -3.45. The summed E-state index contributed by atoms with van der Waals surface area (Å²) in [6.45, 7) is 2.01. The fourth-order valence-corrected chi connectivity index (χ4v) is 5.33. The van der Waals surface area contributed by atoms with Crippen LogP contribution in [0.3, 0.4) is 0 Å². The standard InChI is InChI=1S/C28H25N5O5S.C2HF3O2/c1-3-38-28(35)25-24-26(33(31-25)22-10-6-4-8-19(22)16-29)27(34)32(17-30-24)20-14-12-18(13-15-20)21-9-5-7-11-23(21)39(2,36)37;3-2(4,5)1(6)7/h4-15,17H,3,16,29H2,1-2H3;(H,6,7). The molecule has 3 aromatic carbocycles. The van der Waals surface area contributed by atoms with E-state index in [1.807, 2.05) is 12.1 Å². The van der Waals surface area contributed by atoms with E-state index >= 15 is 0 Å². The lowest BCUT2D eigenvalue weighted by atomic mass is 10.1. The molecule has 46 heavy (non-hydrogen) atoms. The lowest BCUT2D eigenvalue weighted by Crippen LogP contribution is -2.21. The number of carbonyl (C=O) groups is 2. The molecule has 5 rings (SSSR count). The van der Waals surface area contributed by atoms with Crippen LogP contribution in [0.25, 0.3) is 33.5 Å². The van der Waals surface area contributed by atoms with Crippen LogP contribution in [-0.2, 0) is 25.9 Å². The van der Waals surface area contributed by atoms with Gasteiger partial charge in [-0.1, -0.05) is 48.5 Å². The predicted molar refractivity (Wildman–Crippen MR) is 161 cm³/mol. The molecule has 0 spiro atoms. The number of ether oxygens (including phenoxy) is 1. The van der Waals surface area contributed by atoms with Crippen molar-refractivity contribution in [1.82, 2.24) is 19.3 Å². The molecule has 16 heteroatoms. The smallest absolute Gasteiger partial charge is 0.475 e. The number of fused-ring (bicyclic) bond motifs is 1. The summed E-state index contributed by atoms with van der Waals surface area (Å²) in [7, 11) is -3.44. The molecule has 0 fully saturated rings. The third-order valence-electron chi connectivity index (χ3n) is 6.48. The summed E-state index contributed by atoms with van der Waals surface area (Å²) in [4.78, 5) is 40.1. The van der Waals surface area contributed by atoms with Gasteiger partial charge >= 0.3 is 18.1 Å². The Morgan fingerprint density at radius 3 is 2.20 bits per heavy atom. The number of esters is 1. The van der Waals surface area contributed by atoms with Crippen molar-refractivity contribution in [3.8, 4) is 22.5 Å². The maximum atomic E-state index is 13.9. The van der Waals surface area contributed by atoms with E-state index < -0.39 is 33.5 Å². The van der Waals surface area contributed by atoms with Gasteiger partial charge in [-0.25, -0.2) is 27.7 Å². The normalized spacial score (nSPS) is 11.5. The SMILES string of the molecule is CCOC(=O)c1nn(-c2ccccc2CN)c2c(=O)n(-c3ccc(-c4ccccc4S(C)(=O)=O)cc3)cnc12.O=C(O)C(F)(F)F. The number of aromatic nitrogens is 4. The van der Waals surface area contributed by atoms with Crippen molar-refractivity contribution < 1.29 is 41.0 Å². The second-order valence-corrected chi connectivity index (χ2v) is 11.5. The highest BCUT2D eigenvalue weighted by Crippen LogP contribution is 2.28. The molecule has 0 unspecified atom stereocenters. The van der Waals surface area contributed by atoms with Gasteiger partial charge in [0.25, 0.3) is 5.56 Å². The summed E-state index contributed by atoms with van der Waals surface area (Å²) in [6, 6.07) is 20.8. The minimum absolute atomic E-state index is 0.0735. The van der Waals surface area contributed by atoms with Gasteiger partial charge in [0.1, 0.15) is 11.8 Å². The molecule has 0 bridgehead atoms. The molecule has 2 heterocycles. The predicted octanol–water partition coefficient (Wildman–Crippen LogP) is 3.91. The average molecular weight is 658 g/mol. The van der Waals surface area contributed by atoms with Crippen molar-refractivity contribution in [1.29, 1.82) is 0 Å². The first-order valence-corrected chi connectivity index (χ1v) is 15.2. The van der Waals surface area contributed by atoms with Gasteiger partial charge in [0, 0.05) is 18.4 Å². The van der Waals surface area contributed by atoms with Crippen LogP contribution in [0.15, 0.2) is 88.8 Å². The number of carboxylic acids is 1. The topological polar surface area (TPSA) is 176 Å². The van der Waals surface area contributed by atoms with Crippen LogP contribution in [0, 0.1) is 0 Å². The maximum absolute atomic E-state index is 13.9. The van der Waals surface area contributed by atoms with Gasteiger partial charge in [-0.15, -0.1) is 0 Å². The Hall–Kier alpha value is -5.35. The Bertz CT molecular complexity index is 2090. The number of halogens is 3. The van der Waals surface area contributed by atoms with Crippen molar-refractivity contribution >= 4 is 32.8 Å². The number of alkyl halides is 3. The number of hydrogen-bond donors (Lipinski definition) is 2. The fourth-order valence-electron chi connectivity index (χ4n) is 4.42. The number of nitrogens with two attached hydrogens (primary N) is 1. The lowest BCUT2D eigenvalue weighted by Gasteiger charge is -2.11. The summed E-state index contributed by atoms with van der Waals surface area (Å²) in [5.41, 5.74) is 8.60. The van der Waals surface area contributed by atoms with Gasteiger partial charge in [-0.3, -0.25) is 9.36 Å². The summed E-state index contributed by atoms with van der Waals surface area (Å²) in [5, 5.41) is 11.5. The van der Waals surface area contributed by atoms with E-state index in [4.69, 9.17) is 20.4 Å². The Morgan fingerprint density at radius 1 is 1.00 bits per heavy atom.